The Morgan fingerprint density at radius 1 is 1.62 bits per heavy atom. The van der Waals surface area contributed by atoms with E-state index >= 15 is 0 Å². The number of hydrogen-bond acceptors (Lipinski definition) is 4. The monoisotopic (exact) mass is 295 g/mol. The van der Waals surface area contributed by atoms with E-state index in [4.69, 9.17) is 9.47 Å². The Balaban J connectivity index is 1.88. The number of methoxy groups -OCH3 is 1. The lowest BCUT2D eigenvalue weighted by molar-refractivity contribution is -0.117. The fourth-order valence-electron chi connectivity index (χ4n) is 2.00. The zero-order valence-corrected chi connectivity index (χ0v) is 11.8. The average molecular weight is 295 g/mol. The second kappa shape index (κ2) is 6.69. The molecule has 0 aliphatic carbocycles. The highest BCUT2D eigenvalue weighted by Gasteiger charge is 2.32. The number of rotatable bonds is 5. The molecule has 0 aromatic heterocycles. The second-order valence-electron chi connectivity index (χ2n) is 4.97. The molecule has 2 rings (SSSR count). The predicted octanol–water partition coefficient (Wildman–Crippen LogP) is 1.12. The van der Waals surface area contributed by atoms with E-state index in [1.807, 2.05) is 0 Å². The number of amides is 1. The first-order valence-electron chi connectivity index (χ1n) is 6.62. The molecule has 5 nitrogen and oxygen atoms in total. The predicted molar refractivity (Wildman–Crippen MR) is 75.4 cm³/mol. The van der Waals surface area contributed by atoms with Gasteiger partial charge in [0, 0.05) is 25.6 Å². The van der Waals surface area contributed by atoms with Crippen molar-refractivity contribution >= 4 is 12.0 Å². The van der Waals surface area contributed by atoms with Crippen molar-refractivity contribution < 1.29 is 23.8 Å². The van der Waals surface area contributed by atoms with Gasteiger partial charge in [-0.1, -0.05) is 6.07 Å². The van der Waals surface area contributed by atoms with Gasteiger partial charge in [0.1, 0.15) is 5.60 Å². The number of benzene rings is 1. The van der Waals surface area contributed by atoms with Gasteiger partial charge < -0.3 is 19.9 Å². The maximum atomic E-state index is 13.5. The highest BCUT2D eigenvalue weighted by molar-refractivity contribution is 5.91. The number of aliphatic hydroxyl groups is 1. The average Bonchev–Trinajstić information content (AvgIpc) is 2.90. The maximum Gasteiger partial charge on any atom is 0.244 e. The smallest absolute Gasteiger partial charge is 0.244 e. The summed E-state index contributed by atoms with van der Waals surface area (Å²) in [6, 6.07) is 4.41. The third kappa shape index (κ3) is 4.27. The first kappa shape index (κ1) is 15.5. The Kier molecular flexibility index (Phi) is 4.93. The van der Waals surface area contributed by atoms with Gasteiger partial charge in [-0.15, -0.1) is 0 Å². The van der Waals surface area contributed by atoms with E-state index in [0.717, 1.165) is 0 Å². The van der Waals surface area contributed by atoms with Crippen LogP contribution < -0.4 is 10.1 Å². The Morgan fingerprint density at radius 3 is 3.05 bits per heavy atom. The quantitative estimate of drug-likeness (QED) is 0.799. The van der Waals surface area contributed by atoms with E-state index in [9.17, 15) is 14.3 Å². The second-order valence-corrected chi connectivity index (χ2v) is 4.97. The van der Waals surface area contributed by atoms with Crippen molar-refractivity contribution in [2.24, 2.45) is 0 Å². The minimum Gasteiger partial charge on any atom is -0.494 e. The molecule has 0 bridgehead atoms. The van der Waals surface area contributed by atoms with Crippen LogP contribution in [0.25, 0.3) is 6.08 Å². The third-order valence-corrected chi connectivity index (χ3v) is 3.28. The van der Waals surface area contributed by atoms with E-state index in [1.165, 1.54) is 31.4 Å². The summed E-state index contributed by atoms with van der Waals surface area (Å²) in [6.45, 7) is 0.848. The molecule has 21 heavy (non-hydrogen) atoms. The molecule has 114 valence electrons. The molecule has 1 aliphatic rings. The molecule has 1 unspecified atom stereocenters. The summed E-state index contributed by atoms with van der Waals surface area (Å²) in [6.07, 6.45) is 3.29. The van der Waals surface area contributed by atoms with Crippen LogP contribution in [0.3, 0.4) is 0 Å². The molecule has 1 aromatic carbocycles. The third-order valence-electron chi connectivity index (χ3n) is 3.28. The molecular formula is C15H18FNO4. The summed E-state index contributed by atoms with van der Waals surface area (Å²) in [5.74, 6) is -0.691. The van der Waals surface area contributed by atoms with Gasteiger partial charge in [-0.2, -0.15) is 0 Å². The Bertz CT molecular complexity index is 538. The van der Waals surface area contributed by atoms with E-state index in [0.29, 0.717) is 18.6 Å². The van der Waals surface area contributed by atoms with Crippen LogP contribution in [0.4, 0.5) is 4.39 Å². The van der Waals surface area contributed by atoms with Crippen molar-refractivity contribution in [3.63, 3.8) is 0 Å². The summed E-state index contributed by atoms with van der Waals surface area (Å²) in [5.41, 5.74) is -0.443. The number of ether oxygens (including phenoxy) is 2. The molecule has 1 saturated heterocycles. The van der Waals surface area contributed by atoms with Gasteiger partial charge in [0.15, 0.2) is 11.6 Å². The molecule has 2 N–H and O–H groups in total. The highest BCUT2D eigenvalue weighted by atomic mass is 19.1. The van der Waals surface area contributed by atoms with Crippen LogP contribution in [0.15, 0.2) is 24.3 Å². The van der Waals surface area contributed by atoms with E-state index in [2.05, 4.69) is 5.32 Å². The first-order chi connectivity index (χ1) is 10.0. The minimum absolute atomic E-state index is 0.132. The van der Waals surface area contributed by atoms with E-state index in [-0.39, 0.29) is 24.8 Å². The molecule has 1 fully saturated rings. The molecular weight excluding hydrogens is 277 g/mol. The van der Waals surface area contributed by atoms with E-state index in [1.54, 1.807) is 6.07 Å². The summed E-state index contributed by atoms with van der Waals surface area (Å²) in [5, 5.41) is 12.6. The van der Waals surface area contributed by atoms with Gasteiger partial charge in [-0.3, -0.25) is 4.79 Å². The molecule has 1 aromatic rings. The van der Waals surface area contributed by atoms with Gasteiger partial charge in [0.05, 0.1) is 13.7 Å². The van der Waals surface area contributed by atoms with Gasteiger partial charge in [-0.05, 0) is 23.8 Å². The van der Waals surface area contributed by atoms with Gasteiger partial charge in [0.25, 0.3) is 0 Å². The molecule has 0 radical (unpaired) electrons. The van der Waals surface area contributed by atoms with Crippen molar-refractivity contribution in [1.29, 1.82) is 0 Å². The Labute approximate surface area is 122 Å². The number of hydrogen-bond donors (Lipinski definition) is 2. The summed E-state index contributed by atoms with van der Waals surface area (Å²) in [7, 11) is 1.39. The number of nitrogens with one attached hydrogen (secondary N) is 1. The molecule has 1 atom stereocenters. The summed E-state index contributed by atoms with van der Waals surface area (Å²) in [4.78, 5) is 11.7. The molecule has 1 heterocycles. The Hall–Kier alpha value is -1.92. The molecule has 0 saturated carbocycles. The van der Waals surface area contributed by atoms with Crippen LogP contribution in [-0.4, -0.2) is 43.5 Å². The lowest BCUT2D eigenvalue weighted by atomic mass is 10.0. The zero-order valence-electron chi connectivity index (χ0n) is 11.8. The molecule has 1 aliphatic heterocycles. The van der Waals surface area contributed by atoms with Crippen molar-refractivity contribution in [1.82, 2.24) is 5.32 Å². The zero-order chi connectivity index (χ0) is 15.3. The lowest BCUT2D eigenvalue weighted by Crippen LogP contribution is -2.42. The highest BCUT2D eigenvalue weighted by Crippen LogP contribution is 2.18. The summed E-state index contributed by atoms with van der Waals surface area (Å²) < 4.78 is 23.4. The fourth-order valence-corrected chi connectivity index (χ4v) is 2.00. The minimum atomic E-state index is -0.990. The van der Waals surface area contributed by atoms with Crippen LogP contribution in [-0.2, 0) is 9.53 Å². The van der Waals surface area contributed by atoms with Crippen molar-refractivity contribution in [2.45, 2.75) is 12.0 Å². The standard InChI is InChI=1S/C15H18FNO4/c1-20-13-4-2-11(8-12(13)16)3-5-14(18)17-9-15(19)6-7-21-10-15/h2-5,8,19H,6-7,9-10H2,1H3,(H,17,18)/b5-3+. The van der Waals surface area contributed by atoms with Crippen LogP contribution in [0, 0.1) is 5.82 Å². The lowest BCUT2D eigenvalue weighted by Gasteiger charge is -2.19. The SMILES string of the molecule is COc1ccc(/C=C/C(=O)NCC2(O)CCOC2)cc1F. The molecule has 6 heteroatoms. The first-order valence-corrected chi connectivity index (χ1v) is 6.62. The Morgan fingerprint density at radius 2 is 2.43 bits per heavy atom. The van der Waals surface area contributed by atoms with Crippen molar-refractivity contribution in [2.75, 3.05) is 26.9 Å². The van der Waals surface area contributed by atoms with Crippen LogP contribution >= 0.6 is 0 Å². The number of carbonyl (C=O) groups is 1. The maximum absolute atomic E-state index is 13.5. The van der Waals surface area contributed by atoms with E-state index < -0.39 is 11.4 Å². The van der Waals surface area contributed by atoms with Crippen molar-refractivity contribution in [3.05, 3.63) is 35.7 Å². The van der Waals surface area contributed by atoms with Gasteiger partial charge in [-0.25, -0.2) is 4.39 Å². The number of carbonyl (C=O) groups excluding carboxylic acids is 1. The summed E-state index contributed by atoms with van der Waals surface area (Å²) >= 11 is 0. The van der Waals surface area contributed by atoms with Gasteiger partial charge >= 0.3 is 0 Å². The fraction of sp³-hybridized carbons (Fsp3) is 0.400. The topological polar surface area (TPSA) is 67.8 Å². The molecule has 0 spiro atoms. The normalized spacial score (nSPS) is 21.7. The van der Waals surface area contributed by atoms with Crippen LogP contribution in [0.1, 0.15) is 12.0 Å². The number of halogens is 1. The largest absolute Gasteiger partial charge is 0.494 e. The van der Waals surface area contributed by atoms with Crippen LogP contribution in [0.2, 0.25) is 0 Å². The van der Waals surface area contributed by atoms with Crippen LogP contribution in [0.5, 0.6) is 5.75 Å². The van der Waals surface area contributed by atoms with Crippen molar-refractivity contribution in [3.8, 4) is 5.75 Å². The molecule has 1 amide bonds. The van der Waals surface area contributed by atoms with Gasteiger partial charge in [0.2, 0.25) is 5.91 Å².